The second-order valence-corrected chi connectivity index (χ2v) is 6.37. The van der Waals surface area contributed by atoms with Gasteiger partial charge in [-0.05, 0) is 43.6 Å². The van der Waals surface area contributed by atoms with Gasteiger partial charge in [-0.15, -0.1) is 0 Å². The van der Waals surface area contributed by atoms with E-state index in [-0.39, 0.29) is 18.2 Å². The molecular formula is C17H21N3O3S. The van der Waals surface area contributed by atoms with Crippen LogP contribution in [0.25, 0.3) is 0 Å². The Bertz CT molecular complexity index is 656. The number of carbonyl (C=O) groups excluding carboxylic acids is 1. The second kappa shape index (κ2) is 7.72. The zero-order valence-electron chi connectivity index (χ0n) is 13.6. The van der Waals surface area contributed by atoms with Crippen molar-refractivity contribution in [1.82, 2.24) is 10.7 Å². The number of thiocarbonyl (C=S) groups is 1. The summed E-state index contributed by atoms with van der Waals surface area (Å²) in [6.45, 7) is 3.31. The maximum Gasteiger partial charge on any atom is 0.339 e. The van der Waals surface area contributed by atoms with E-state index < -0.39 is 0 Å². The lowest BCUT2D eigenvalue weighted by atomic mass is 9.97. The molecule has 1 aromatic carbocycles. The molecule has 0 aliphatic carbocycles. The van der Waals surface area contributed by atoms with Crippen LogP contribution in [0.15, 0.2) is 29.4 Å². The molecule has 3 rings (SSSR count). The summed E-state index contributed by atoms with van der Waals surface area (Å²) in [4.78, 5) is 12.0. The van der Waals surface area contributed by atoms with Gasteiger partial charge in [0.25, 0.3) is 0 Å². The SMILES string of the molecule is C/C(=N\NC(=S)NCC1CCCO1)C1Cc2ccccc2C(=O)O1. The molecule has 2 aliphatic heterocycles. The first-order valence-electron chi connectivity index (χ1n) is 8.12. The third-order valence-corrected chi connectivity index (χ3v) is 4.44. The Hall–Kier alpha value is -1.99. The highest BCUT2D eigenvalue weighted by Crippen LogP contribution is 2.21. The number of nitrogens with one attached hydrogen (secondary N) is 2. The summed E-state index contributed by atoms with van der Waals surface area (Å²) in [7, 11) is 0. The Morgan fingerprint density at radius 2 is 2.25 bits per heavy atom. The quantitative estimate of drug-likeness (QED) is 0.374. The molecule has 2 aliphatic rings. The minimum Gasteiger partial charge on any atom is -0.452 e. The monoisotopic (exact) mass is 347 g/mol. The standard InChI is InChI=1S/C17H21N3O3S/c1-11(19-20-17(24)18-10-13-6-4-8-22-13)15-9-12-5-2-3-7-14(12)16(21)23-15/h2-3,5,7,13,15H,4,6,8-10H2,1H3,(H2,18,20,24)/b19-11+. The maximum atomic E-state index is 12.0. The van der Waals surface area contributed by atoms with Crippen molar-refractivity contribution in [3.8, 4) is 0 Å². The zero-order valence-corrected chi connectivity index (χ0v) is 14.4. The number of fused-ring (bicyclic) bond motifs is 1. The van der Waals surface area contributed by atoms with Crippen molar-refractivity contribution < 1.29 is 14.3 Å². The van der Waals surface area contributed by atoms with Crippen LogP contribution in [0.3, 0.4) is 0 Å². The smallest absolute Gasteiger partial charge is 0.339 e. The molecule has 0 spiro atoms. The van der Waals surface area contributed by atoms with Crippen LogP contribution in [0.1, 0.15) is 35.7 Å². The van der Waals surface area contributed by atoms with Crippen LogP contribution in [-0.2, 0) is 15.9 Å². The third-order valence-electron chi connectivity index (χ3n) is 4.21. The molecular weight excluding hydrogens is 326 g/mol. The number of esters is 1. The second-order valence-electron chi connectivity index (χ2n) is 5.97. The van der Waals surface area contributed by atoms with Crippen molar-refractivity contribution in [3.63, 3.8) is 0 Å². The summed E-state index contributed by atoms with van der Waals surface area (Å²) in [5.74, 6) is -0.310. The molecule has 2 atom stereocenters. The molecule has 0 radical (unpaired) electrons. The highest BCUT2D eigenvalue weighted by molar-refractivity contribution is 7.80. The van der Waals surface area contributed by atoms with Gasteiger partial charge in [-0.25, -0.2) is 4.79 Å². The highest BCUT2D eigenvalue weighted by atomic mass is 32.1. The Kier molecular flexibility index (Phi) is 5.42. The van der Waals surface area contributed by atoms with E-state index in [4.69, 9.17) is 21.7 Å². The predicted octanol–water partition coefficient (Wildman–Crippen LogP) is 1.79. The Labute approximate surface area is 146 Å². The van der Waals surface area contributed by atoms with Crippen LogP contribution in [0.4, 0.5) is 0 Å². The minimum absolute atomic E-state index is 0.214. The van der Waals surface area contributed by atoms with Gasteiger partial charge in [0.1, 0.15) is 6.10 Å². The molecule has 0 bridgehead atoms. The molecule has 128 valence electrons. The van der Waals surface area contributed by atoms with Crippen molar-refractivity contribution in [2.24, 2.45) is 5.10 Å². The van der Waals surface area contributed by atoms with E-state index in [2.05, 4.69) is 15.8 Å². The topological polar surface area (TPSA) is 72.0 Å². The summed E-state index contributed by atoms with van der Waals surface area (Å²) in [5, 5.41) is 7.77. The van der Waals surface area contributed by atoms with Gasteiger partial charge in [0.2, 0.25) is 0 Å². The highest BCUT2D eigenvalue weighted by Gasteiger charge is 2.27. The van der Waals surface area contributed by atoms with E-state index in [0.29, 0.717) is 29.4 Å². The first kappa shape index (κ1) is 16.9. The predicted molar refractivity (Wildman–Crippen MR) is 95.2 cm³/mol. The molecule has 7 heteroatoms. The Balaban J connectivity index is 1.52. The van der Waals surface area contributed by atoms with Crippen molar-refractivity contribution in [3.05, 3.63) is 35.4 Å². The number of benzene rings is 1. The van der Waals surface area contributed by atoms with Crippen LogP contribution in [0, 0.1) is 0 Å². The van der Waals surface area contributed by atoms with Crippen LogP contribution < -0.4 is 10.7 Å². The molecule has 0 aromatic heterocycles. The van der Waals surface area contributed by atoms with Crippen molar-refractivity contribution in [2.45, 2.75) is 38.4 Å². The van der Waals surface area contributed by atoms with E-state index in [0.717, 1.165) is 25.0 Å². The summed E-state index contributed by atoms with van der Waals surface area (Å²) >= 11 is 5.20. The van der Waals surface area contributed by atoms with E-state index in [1.54, 1.807) is 6.07 Å². The van der Waals surface area contributed by atoms with Gasteiger partial charge in [-0.2, -0.15) is 5.10 Å². The third kappa shape index (κ3) is 4.10. The van der Waals surface area contributed by atoms with Gasteiger partial charge in [-0.1, -0.05) is 18.2 Å². The molecule has 24 heavy (non-hydrogen) atoms. The van der Waals surface area contributed by atoms with Gasteiger partial charge in [0, 0.05) is 19.6 Å². The molecule has 0 amide bonds. The van der Waals surface area contributed by atoms with Gasteiger partial charge in [-0.3, -0.25) is 5.43 Å². The molecule has 2 heterocycles. The summed E-state index contributed by atoms with van der Waals surface area (Å²) < 4.78 is 11.0. The normalized spacial score (nSPS) is 23.4. The number of hydrogen-bond acceptors (Lipinski definition) is 5. The lowest BCUT2D eigenvalue weighted by molar-refractivity contribution is 0.0389. The number of nitrogens with zero attached hydrogens (tertiary/aromatic N) is 1. The van der Waals surface area contributed by atoms with Crippen LogP contribution in [0.5, 0.6) is 0 Å². The fraction of sp³-hybridized carbons (Fsp3) is 0.471. The molecule has 2 unspecified atom stereocenters. The Morgan fingerprint density at radius 3 is 3.04 bits per heavy atom. The first-order valence-corrected chi connectivity index (χ1v) is 8.53. The van der Waals surface area contributed by atoms with Gasteiger partial charge >= 0.3 is 5.97 Å². The number of cyclic esters (lactones) is 1. The summed E-state index contributed by atoms with van der Waals surface area (Å²) in [6.07, 6.45) is 2.61. The number of rotatable bonds is 4. The van der Waals surface area contributed by atoms with E-state index in [9.17, 15) is 4.79 Å². The van der Waals surface area contributed by atoms with E-state index >= 15 is 0 Å². The lowest BCUT2D eigenvalue weighted by Gasteiger charge is -2.24. The molecule has 1 aromatic rings. The number of carbonyl (C=O) groups is 1. The molecule has 1 saturated heterocycles. The average Bonchev–Trinajstić information content (AvgIpc) is 3.11. The average molecular weight is 347 g/mol. The zero-order chi connectivity index (χ0) is 16.9. The number of hydrazone groups is 1. The lowest BCUT2D eigenvalue weighted by Crippen LogP contribution is -2.39. The maximum absolute atomic E-state index is 12.0. The first-order chi connectivity index (χ1) is 11.6. The molecule has 1 fully saturated rings. The molecule has 6 nitrogen and oxygen atoms in total. The van der Waals surface area contributed by atoms with Crippen LogP contribution >= 0.6 is 12.2 Å². The van der Waals surface area contributed by atoms with Gasteiger partial charge in [0.15, 0.2) is 5.11 Å². The van der Waals surface area contributed by atoms with Gasteiger partial charge < -0.3 is 14.8 Å². The number of hydrogen-bond donors (Lipinski definition) is 2. The fourth-order valence-corrected chi connectivity index (χ4v) is 2.96. The summed E-state index contributed by atoms with van der Waals surface area (Å²) in [5.41, 5.74) is 5.09. The summed E-state index contributed by atoms with van der Waals surface area (Å²) in [6, 6.07) is 7.48. The minimum atomic E-state index is -0.374. The van der Waals surface area contributed by atoms with E-state index in [1.165, 1.54) is 0 Å². The van der Waals surface area contributed by atoms with Crippen molar-refractivity contribution in [2.75, 3.05) is 13.2 Å². The van der Waals surface area contributed by atoms with Gasteiger partial charge in [0.05, 0.1) is 17.4 Å². The Morgan fingerprint density at radius 1 is 1.42 bits per heavy atom. The van der Waals surface area contributed by atoms with Crippen molar-refractivity contribution in [1.29, 1.82) is 0 Å². The van der Waals surface area contributed by atoms with Crippen LogP contribution in [-0.4, -0.2) is 42.2 Å². The largest absolute Gasteiger partial charge is 0.452 e. The molecule has 0 saturated carbocycles. The fourth-order valence-electron chi connectivity index (χ4n) is 2.83. The number of ether oxygens (including phenoxy) is 2. The molecule has 2 N–H and O–H groups in total. The van der Waals surface area contributed by atoms with Crippen LogP contribution in [0.2, 0.25) is 0 Å². The van der Waals surface area contributed by atoms with E-state index in [1.807, 2.05) is 25.1 Å². The van der Waals surface area contributed by atoms with Crippen molar-refractivity contribution >= 4 is 29.0 Å².